The molecule has 1 aromatic heterocycles. The average molecular weight is 200 g/mol. The molecule has 0 atom stereocenters. The van der Waals surface area contributed by atoms with Crippen molar-refractivity contribution in [3.05, 3.63) is 42.1 Å². The van der Waals surface area contributed by atoms with Gasteiger partial charge in [0.2, 0.25) is 0 Å². The maximum Gasteiger partial charge on any atom is 0.0822 e. The van der Waals surface area contributed by atoms with Gasteiger partial charge in [-0.1, -0.05) is 18.2 Å². The zero-order valence-electron chi connectivity index (χ0n) is 8.65. The SMILES string of the molecule is [O]CCCCc1ccnc2ccccc12. The molecule has 0 aliphatic carbocycles. The van der Waals surface area contributed by atoms with E-state index in [9.17, 15) is 5.11 Å². The van der Waals surface area contributed by atoms with Crippen LogP contribution in [0.25, 0.3) is 10.9 Å². The number of rotatable bonds is 4. The fourth-order valence-corrected chi connectivity index (χ4v) is 1.79. The van der Waals surface area contributed by atoms with Crippen molar-refractivity contribution in [1.29, 1.82) is 0 Å². The smallest absolute Gasteiger partial charge is 0.0822 e. The summed E-state index contributed by atoms with van der Waals surface area (Å²) in [7, 11) is 0. The minimum atomic E-state index is 0.0308. The van der Waals surface area contributed by atoms with Crippen LogP contribution < -0.4 is 0 Å². The van der Waals surface area contributed by atoms with Gasteiger partial charge in [-0.05, 0) is 37.0 Å². The number of nitrogens with zero attached hydrogens (tertiary/aromatic N) is 1. The predicted molar refractivity (Wildman–Crippen MR) is 60.2 cm³/mol. The van der Waals surface area contributed by atoms with Gasteiger partial charge in [-0.3, -0.25) is 4.98 Å². The van der Waals surface area contributed by atoms with Crippen LogP contribution in [0.15, 0.2) is 36.5 Å². The molecule has 0 saturated heterocycles. The quantitative estimate of drug-likeness (QED) is 0.698. The van der Waals surface area contributed by atoms with Gasteiger partial charge in [0.15, 0.2) is 0 Å². The second-order valence-corrected chi connectivity index (χ2v) is 3.65. The lowest BCUT2D eigenvalue weighted by molar-refractivity contribution is 0.187. The summed E-state index contributed by atoms with van der Waals surface area (Å²) in [6.45, 7) is 0.0308. The molecule has 0 aliphatic heterocycles. The molecule has 15 heavy (non-hydrogen) atoms. The summed E-state index contributed by atoms with van der Waals surface area (Å²) in [4.78, 5) is 4.31. The van der Waals surface area contributed by atoms with Crippen LogP contribution in [0.4, 0.5) is 0 Å². The summed E-state index contributed by atoms with van der Waals surface area (Å²) >= 11 is 0. The number of pyridine rings is 1. The van der Waals surface area contributed by atoms with Gasteiger partial charge >= 0.3 is 0 Å². The van der Waals surface area contributed by atoms with Crippen molar-refractivity contribution in [1.82, 2.24) is 4.98 Å². The molecule has 1 heterocycles. The van der Waals surface area contributed by atoms with E-state index in [-0.39, 0.29) is 6.61 Å². The molecule has 1 radical (unpaired) electrons. The van der Waals surface area contributed by atoms with Gasteiger partial charge < -0.3 is 0 Å². The van der Waals surface area contributed by atoms with E-state index in [0.29, 0.717) is 0 Å². The van der Waals surface area contributed by atoms with Crippen molar-refractivity contribution in [3.8, 4) is 0 Å². The lowest BCUT2D eigenvalue weighted by Crippen LogP contribution is -1.90. The summed E-state index contributed by atoms with van der Waals surface area (Å²) < 4.78 is 0. The van der Waals surface area contributed by atoms with Crippen LogP contribution in [0.2, 0.25) is 0 Å². The van der Waals surface area contributed by atoms with Crippen molar-refractivity contribution in [2.24, 2.45) is 0 Å². The number of para-hydroxylation sites is 1. The van der Waals surface area contributed by atoms with Crippen molar-refractivity contribution < 1.29 is 5.11 Å². The third kappa shape index (κ3) is 2.34. The van der Waals surface area contributed by atoms with E-state index in [1.807, 2.05) is 30.5 Å². The third-order valence-electron chi connectivity index (χ3n) is 2.58. The Labute approximate surface area is 89.6 Å². The first-order chi connectivity index (χ1) is 7.42. The van der Waals surface area contributed by atoms with Gasteiger partial charge in [-0.2, -0.15) is 0 Å². The second-order valence-electron chi connectivity index (χ2n) is 3.65. The van der Waals surface area contributed by atoms with Crippen LogP contribution in [0, 0.1) is 0 Å². The van der Waals surface area contributed by atoms with E-state index in [0.717, 1.165) is 24.8 Å². The predicted octanol–water partition coefficient (Wildman–Crippen LogP) is 2.99. The number of unbranched alkanes of at least 4 members (excludes halogenated alkanes) is 1. The van der Waals surface area contributed by atoms with E-state index >= 15 is 0 Å². The lowest BCUT2D eigenvalue weighted by Gasteiger charge is -2.04. The second kappa shape index (κ2) is 4.89. The van der Waals surface area contributed by atoms with E-state index in [2.05, 4.69) is 11.1 Å². The summed E-state index contributed by atoms with van der Waals surface area (Å²) in [6, 6.07) is 10.2. The first-order valence-corrected chi connectivity index (χ1v) is 5.32. The van der Waals surface area contributed by atoms with Crippen LogP contribution in [-0.2, 0) is 11.5 Å². The van der Waals surface area contributed by atoms with Crippen LogP contribution in [0.5, 0.6) is 0 Å². The Bertz CT molecular complexity index is 434. The van der Waals surface area contributed by atoms with E-state index in [1.54, 1.807) is 0 Å². The Balaban J connectivity index is 2.26. The first kappa shape index (κ1) is 10.1. The van der Waals surface area contributed by atoms with Crippen molar-refractivity contribution in [3.63, 3.8) is 0 Å². The van der Waals surface area contributed by atoms with E-state index in [4.69, 9.17) is 0 Å². The Kier molecular flexibility index (Phi) is 3.30. The Morgan fingerprint density at radius 3 is 2.80 bits per heavy atom. The lowest BCUT2D eigenvalue weighted by atomic mass is 10.0. The zero-order valence-corrected chi connectivity index (χ0v) is 8.65. The molecule has 2 heteroatoms. The Hall–Kier alpha value is -1.41. The fourth-order valence-electron chi connectivity index (χ4n) is 1.79. The minimum absolute atomic E-state index is 0.0308. The van der Waals surface area contributed by atoms with Gasteiger partial charge in [0.05, 0.1) is 12.1 Å². The maximum absolute atomic E-state index is 10.4. The standard InChI is InChI=1S/C13H14NO/c15-10-4-3-5-11-8-9-14-13-7-2-1-6-12(11)13/h1-2,6-9H,3-5,10H2. The molecule has 0 spiro atoms. The molecular weight excluding hydrogens is 186 g/mol. The third-order valence-corrected chi connectivity index (χ3v) is 2.58. The van der Waals surface area contributed by atoms with Crippen LogP contribution in [0.3, 0.4) is 0 Å². The largest absolute Gasteiger partial charge is 0.256 e. The summed E-state index contributed by atoms with van der Waals surface area (Å²) in [5.41, 5.74) is 2.34. The number of fused-ring (bicyclic) bond motifs is 1. The van der Waals surface area contributed by atoms with Crippen LogP contribution in [0.1, 0.15) is 18.4 Å². The monoisotopic (exact) mass is 200 g/mol. The van der Waals surface area contributed by atoms with Crippen LogP contribution >= 0.6 is 0 Å². The van der Waals surface area contributed by atoms with E-state index < -0.39 is 0 Å². The molecule has 0 bridgehead atoms. The molecule has 0 amide bonds. The van der Waals surface area contributed by atoms with Gasteiger partial charge in [0.1, 0.15) is 0 Å². The van der Waals surface area contributed by atoms with Gasteiger partial charge in [-0.25, -0.2) is 5.11 Å². The number of aryl methyl sites for hydroxylation is 1. The van der Waals surface area contributed by atoms with Crippen LogP contribution in [-0.4, -0.2) is 11.6 Å². The summed E-state index contributed by atoms with van der Waals surface area (Å²) in [6.07, 6.45) is 4.55. The highest BCUT2D eigenvalue weighted by molar-refractivity contribution is 5.81. The van der Waals surface area contributed by atoms with E-state index in [1.165, 1.54) is 10.9 Å². The maximum atomic E-state index is 10.4. The highest BCUT2D eigenvalue weighted by Crippen LogP contribution is 2.17. The highest BCUT2D eigenvalue weighted by atomic mass is 16.2. The number of hydrogen-bond acceptors (Lipinski definition) is 1. The zero-order chi connectivity index (χ0) is 10.5. The molecule has 1 aromatic carbocycles. The highest BCUT2D eigenvalue weighted by Gasteiger charge is 2.00. The molecule has 2 aromatic rings. The molecule has 0 saturated carbocycles. The van der Waals surface area contributed by atoms with Gasteiger partial charge in [0.25, 0.3) is 0 Å². The summed E-state index contributed by atoms with van der Waals surface area (Å²) in [5.74, 6) is 0. The average Bonchev–Trinajstić information content (AvgIpc) is 2.30. The van der Waals surface area contributed by atoms with Crippen molar-refractivity contribution in [2.75, 3.05) is 6.61 Å². The van der Waals surface area contributed by atoms with Gasteiger partial charge in [-0.15, -0.1) is 0 Å². The van der Waals surface area contributed by atoms with Gasteiger partial charge in [0, 0.05) is 11.6 Å². The number of aromatic nitrogens is 1. The number of hydrogen-bond donors (Lipinski definition) is 0. The molecule has 77 valence electrons. The molecule has 2 nitrogen and oxygen atoms in total. The van der Waals surface area contributed by atoms with Crippen molar-refractivity contribution >= 4 is 10.9 Å². The normalized spacial score (nSPS) is 10.7. The number of benzene rings is 1. The molecule has 2 rings (SSSR count). The molecule has 0 N–H and O–H groups in total. The molecular formula is C13H14NO. The molecule has 0 fully saturated rings. The Morgan fingerprint density at radius 1 is 1.07 bits per heavy atom. The molecule has 0 unspecified atom stereocenters. The Morgan fingerprint density at radius 2 is 1.93 bits per heavy atom. The summed E-state index contributed by atoms with van der Waals surface area (Å²) in [5, 5.41) is 11.6. The fraction of sp³-hybridized carbons (Fsp3) is 0.308. The minimum Gasteiger partial charge on any atom is -0.256 e. The van der Waals surface area contributed by atoms with Crippen molar-refractivity contribution in [2.45, 2.75) is 19.3 Å². The molecule has 0 aliphatic rings. The first-order valence-electron chi connectivity index (χ1n) is 5.32. The topological polar surface area (TPSA) is 32.8 Å².